The summed E-state index contributed by atoms with van der Waals surface area (Å²) in [6.07, 6.45) is 1.67. The average molecular weight is 220 g/mol. The van der Waals surface area contributed by atoms with Crippen molar-refractivity contribution < 1.29 is 4.79 Å². The summed E-state index contributed by atoms with van der Waals surface area (Å²) in [4.78, 5) is 13.5. The zero-order chi connectivity index (χ0) is 9.26. The van der Waals surface area contributed by atoms with Crippen LogP contribution < -0.4 is 11.1 Å². The van der Waals surface area contributed by atoms with Crippen LogP contribution in [0.2, 0.25) is 0 Å². The summed E-state index contributed by atoms with van der Waals surface area (Å²) in [5, 5.41) is 3.17. The van der Waals surface area contributed by atoms with Gasteiger partial charge < -0.3 is 16.0 Å². The molecule has 2 aliphatic rings. The van der Waals surface area contributed by atoms with Crippen LogP contribution in [0.15, 0.2) is 0 Å². The third-order valence-electron chi connectivity index (χ3n) is 2.91. The molecule has 0 spiro atoms. The zero-order valence-corrected chi connectivity index (χ0v) is 9.05. The molecule has 2 fully saturated rings. The summed E-state index contributed by atoms with van der Waals surface area (Å²) in [5.41, 5.74) is 5.73. The van der Waals surface area contributed by atoms with Gasteiger partial charge in [-0.1, -0.05) is 0 Å². The fraction of sp³-hybridized carbons (Fsp3) is 0.889. The number of carbonyl (C=O) groups is 1. The molecule has 2 rings (SSSR count). The fourth-order valence-electron chi connectivity index (χ4n) is 1.88. The Bertz CT molecular complexity index is 208. The standard InChI is InChI=1S/C9H17N3O.ClH/c10-8-1-2-12(6-8)9(13)3-7-4-11-5-7;/h7-8,11H,1-6,10H2;1H/t8-;/m0./s1. The number of rotatable bonds is 2. The van der Waals surface area contributed by atoms with Crippen LogP contribution in [0.5, 0.6) is 0 Å². The maximum atomic E-state index is 11.6. The largest absolute Gasteiger partial charge is 0.341 e. The fourth-order valence-corrected chi connectivity index (χ4v) is 1.88. The van der Waals surface area contributed by atoms with E-state index in [2.05, 4.69) is 5.32 Å². The second-order valence-corrected chi connectivity index (χ2v) is 4.12. The third-order valence-corrected chi connectivity index (χ3v) is 2.91. The molecule has 1 atom stereocenters. The molecule has 4 nitrogen and oxygen atoms in total. The summed E-state index contributed by atoms with van der Waals surface area (Å²) in [6, 6.07) is 0.212. The maximum Gasteiger partial charge on any atom is 0.222 e. The monoisotopic (exact) mass is 219 g/mol. The molecule has 1 amide bonds. The number of carbonyl (C=O) groups excluding carboxylic acids is 1. The minimum absolute atomic E-state index is 0. The predicted molar refractivity (Wildman–Crippen MR) is 57.4 cm³/mol. The van der Waals surface area contributed by atoms with E-state index in [-0.39, 0.29) is 18.4 Å². The second-order valence-electron chi connectivity index (χ2n) is 4.12. The lowest BCUT2D eigenvalue weighted by atomic mass is 9.99. The van der Waals surface area contributed by atoms with Gasteiger partial charge in [-0.2, -0.15) is 0 Å². The van der Waals surface area contributed by atoms with Crippen LogP contribution in [0.4, 0.5) is 0 Å². The first-order valence-corrected chi connectivity index (χ1v) is 5.00. The van der Waals surface area contributed by atoms with E-state index in [1.807, 2.05) is 4.90 Å². The van der Waals surface area contributed by atoms with Gasteiger partial charge in [0.1, 0.15) is 0 Å². The summed E-state index contributed by atoms with van der Waals surface area (Å²) < 4.78 is 0. The lowest BCUT2D eigenvalue weighted by Gasteiger charge is -2.28. The Morgan fingerprint density at radius 2 is 2.21 bits per heavy atom. The molecule has 0 aromatic carbocycles. The van der Waals surface area contributed by atoms with E-state index in [0.29, 0.717) is 18.2 Å². The molecule has 0 aromatic rings. The van der Waals surface area contributed by atoms with Gasteiger partial charge in [-0.25, -0.2) is 0 Å². The van der Waals surface area contributed by atoms with Crippen LogP contribution in [0.3, 0.4) is 0 Å². The van der Waals surface area contributed by atoms with E-state index >= 15 is 0 Å². The van der Waals surface area contributed by atoms with Crippen molar-refractivity contribution in [3.63, 3.8) is 0 Å². The van der Waals surface area contributed by atoms with E-state index in [1.54, 1.807) is 0 Å². The molecule has 0 saturated carbocycles. The van der Waals surface area contributed by atoms with Crippen LogP contribution in [0.1, 0.15) is 12.8 Å². The maximum absolute atomic E-state index is 11.6. The van der Waals surface area contributed by atoms with Crippen molar-refractivity contribution in [3.8, 4) is 0 Å². The van der Waals surface area contributed by atoms with E-state index in [4.69, 9.17) is 5.73 Å². The van der Waals surface area contributed by atoms with E-state index in [0.717, 1.165) is 32.6 Å². The number of hydrogen-bond donors (Lipinski definition) is 2. The average Bonchev–Trinajstić information content (AvgIpc) is 2.44. The number of nitrogens with zero attached hydrogens (tertiary/aromatic N) is 1. The zero-order valence-electron chi connectivity index (χ0n) is 8.24. The third kappa shape index (κ3) is 2.59. The van der Waals surface area contributed by atoms with Crippen LogP contribution >= 0.6 is 12.4 Å². The minimum atomic E-state index is 0. The lowest BCUT2D eigenvalue weighted by molar-refractivity contribution is -0.131. The van der Waals surface area contributed by atoms with Crippen LogP contribution in [0, 0.1) is 5.92 Å². The van der Waals surface area contributed by atoms with E-state index < -0.39 is 0 Å². The number of nitrogens with one attached hydrogen (secondary N) is 1. The quantitative estimate of drug-likeness (QED) is 0.663. The number of halogens is 1. The van der Waals surface area contributed by atoms with Gasteiger partial charge in [-0.05, 0) is 25.4 Å². The molecule has 0 aliphatic carbocycles. The Morgan fingerprint density at radius 3 is 2.64 bits per heavy atom. The van der Waals surface area contributed by atoms with Crippen molar-refractivity contribution in [3.05, 3.63) is 0 Å². The molecular weight excluding hydrogens is 202 g/mol. The Labute approximate surface area is 90.6 Å². The van der Waals surface area contributed by atoms with Crippen LogP contribution in [-0.4, -0.2) is 43.0 Å². The summed E-state index contributed by atoms with van der Waals surface area (Å²) >= 11 is 0. The van der Waals surface area contributed by atoms with E-state index in [1.165, 1.54) is 0 Å². The molecule has 0 aromatic heterocycles. The minimum Gasteiger partial charge on any atom is -0.341 e. The molecule has 3 N–H and O–H groups in total. The van der Waals surface area contributed by atoms with Gasteiger partial charge >= 0.3 is 0 Å². The molecule has 82 valence electrons. The molecule has 0 unspecified atom stereocenters. The smallest absolute Gasteiger partial charge is 0.222 e. The highest BCUT2D eigenvalue weighted by Gasteiger charge is 2.27. The molecule has 0 radical (unpaired) electrons. The Hall–Kier alpha value is -0.320. The highest BCUT2D eigenvalue weighted by molar-refractivity contribution is 5.85. The lowest BCUT2D eigenvalue weighted by Crippen LogP contribution is -2.45. The molecule has 2 heterocycles. The van der Waals surface area contributed by atoms with Crippen molar-refractivity contribution in [2.45, 2.75) is 18.9 Å². The molecule has 14 heavy (non-hydrogen) atoms. The number of amides is 1. The number of likely N-dealkylation sites (tertiary alicyclic amines) is 1. The first kappa shape index (κ1) is 11.8. The Morgan fingerprint density at radius 1 is 1.50 bits per heavy atom. The van der Waals surface area contributed by atoms with Crippen molar-refractivity contribution in [2.24, 2.45) is 11.7 Å². The van der Waals surface area contributed by atoms with Gasteiger partial charge in [0.15, 0.2) is 0 Å². The van der Waals surface area contributed by atoms with Crippen molar-refractivity contribution in [1.82, 2.24) is 10.2 Å². The first-order chi connectivity index (χ1) is 6.25. The van der Waals surface area contributed by atoms with Crippen molar-refractivity contribution >= 4 is 18.3 Å². The highest BCUT2D eigenvalue weighted by atomic mass is 35.5. The number of nitrogens with two attached hydrogens (primary N) is 1. The SMILES string of the molecule is Cl.N[C@H]1CCN(C(=O)CC2CNC2)C1. The molecular formula is C9H18ClN3O. The first-order valence-electron chi connectivity index (χ1n) is 5.00. The van der Waals surface area contributed by atoms with Gasteiger partial charge in [0.25, 0.3) is 0 Å². The molecule has 2 aliphatic heterocycles. The predicted octanol–water partition coefficient (Wildman–Crippen LogP) is -0.423. The van der Waals surface area contributed by atoms with Gasteiger partial charge in [0.05, 0.1) is 0 Å². The normalized spacial score (nSPS) is 26.9. The molecule has 0 bridgehead atoms. The van der Waals surface area contributed by atoms with E-state index in [9.17, 15) is 4.79 Å². The van der Waals surface area contributed by atoms with Gasteiger partial charge in [-0.3, -0.25) is 4.79 Å². The van der Waals surface area contributed by atoms with Gasteiger partial charge in [-0.15, -0.1) is 12.4 Å². The Balaban J connectivity index is 0.000000980. The molecule has 2 saturated heterocycles. The number of hydrogen-bond acceptors (Lipinski definition) is 3. The summed E-state index contributed by atoms with van der Waals surface area (Å²) in [6.45, 7) is 3.64. The molecule has 5 heteroatoms. The summed E-state index contributed by atoms with van der Waals surface area (Å²) in [7, 11) is 0. The Kier molecular flexibility index (Phi) is 4.16. The summed E-state index contributed by atoms with van der Waals surface area (Å²) in [5.74, 6) is 0.865. The van der Waals surface area contributed by atoms with Crippen molar-refractivity contribution in [2.75, 3.05) is 26.2 Å². The second kappa shape index (κ2) is 4.96. The van der Waals surface area contributed by atoms with Crippen LogP contribution in [0.25, 0.3) is 0 Å². The topological polar surface area (TPSA) is 58.4 Å². The van der Waals surface area contributed by atoms with Gasteiger partial charge in [0, 0.05) is 25.6 Å². The highest BCUT2D eigenvalue weighted by Crippen LogP contribution is 2.14. The van der Waals surface area contributed by atoms with Crippen LogP contribution in [-0.2, 0) is 4.79 Å². The van der Waals surface area contributed by atoms with Crippen molar-refractivity contribution in [1.29, 1.82) is 0 Å². The van der Waals surface area contributed by atoms with Gasteiger partial charge in [0.2, 0.25) is 5.91 Å².